The second kappa shape index (κ2) is 12.2. The van der Waals surface area contributed by atoms with E-state index in [4.69, 9.17) is 11.6 Å². The molecule has 0 fully saturated rings. The number of hydrogen-bond acceptors (Lipinski definition) is 8. The van der Waals surface area contributed by atoms with Crippen molar-refractivity contribution in [1.29, 1.82) is 0 Å². The maximum atomic E-state index is 14.6. The number of rotatable bonds is 12. The van der Waals surface area contributed by atoms with E-state index in [9.17, 15) is 51.0 Å². The van der Waals surface area contributed by atoms with Crippen LogP contribution in [-0.2, 0) is 9.47 Å². The molecule has 0 radical (unpaired) electrons. The predicted octanol–water partition coefficient (Wildman–Crippen LogP) is 6.35. The van der Waals surface area contributed by atoms with Gasteiger partial charge in [-0.2, -0.15) is 35.8 Å². The van der Waals surface area contributed by atoms with Crippen molar-refractivity contribution in [2.45, 2.75) is 18.0 Å². The summed E-state index contributed by atoms with van der Waals surface area (Å²) >= 11 is 5.77. The van der Waals surface area contributed by atoms with Crippen molar-refractivity contribution < 1.29 is 50.1 Å². The highest BCUT2D eigenvalue weighted by molar-refractivity contribution is 6.30. The fraction of sp³-hybridized carbons (Fsp3) is 0.286. The second-order valence-corrected chi connectivity index (χ2v) is 7.76. The van der Waals surface area contributed by atoms with Crippen molar-refractivity contribution in [1.82, 2.24) is 0 Å². The molecule has 0 heterocycles. The van der Waals surface area contributed by atoms with E-state index in [1.807, 2.05) is 0 Å². The highest BCUT2D eigenvalue weighted by Crippen LogP contribution is 2.50. The smallest absolute Gasteiger partial charge is 0.460 e. The van der Waals surface area contributed by atoms with Crippen LogP contribution < -0.4 is 5.43 Å². The van der Waals surface area contributed by atoms with E-state index in [0.29, 0.717) is 6.07 Å². The number of benzene rings is 2. The van der Waals surface area contributed by atoms with Gasteiger partial charge in [0.1, 0.15) is 12.3 Å². The SMILES string of the molecule is COCCO/C(=C\C(=N/Nc1ccc([N+](=O)[O-])cc1[N+](=O)[O-])c1ccc(Cl)cc1)C(F)(F)C(F)(F)C(F)(F)F. The summed E-state index contributed by atoms with van der Waals surface area (Å²) in [5.74, 6) is -14.7. The zero-order valence-electron chi connectivity index (χ0n) is 19.3. The predicted molar refractivity (Wildman–Crippen MR) is 123 cm³/mol. The summed E-state index contributed by atoms with van der Waals surface area (Å²) < 4.78 is 105. The Morgan fingerprint density at radius 2 is 1.62 bits per heavy atom. The number of nitrogens with one attached hydrogen (secondary N) is 1. The quantitative estimate of drug-likeness (QED) is 0.0763. The Hall–Kier alpha value is -3.99. The summed E-state index contributed by atoms with van der Waals surface area (Å²) in [5.41, 5.74) is -0.955. The van der Waals surface area contributed by atoms with E-state index < -0.39 is 69.6 Å². The van der Waals surface area contributed by atoms with E-state index in [2.05, 4.69) is 20.0 Å². The molecule has 0 aliphatic carbocycles. The molecular formula is C21H16ClF7N4O6. The number of hydrogen-bond donors (Lipinski definition) is 1. The van der Waals surface area contributed by atoms with E-state index in [1.54, 1.807) is 0 Å². The van der Waals surface area contributed by atoms with Crippen LogP contribution in [0.25, 0.3) is 0 Å². The second-order valence-electron chi connectivity index (χ2n) is 7.33. The minimum absolute atomic E-state index is 0.0722. The third-order valence-corrected chi connectivity index (χ3v) is 4.95. The number of nitrogens with zero attached hydrogens (tertiary/aromatic N) is 3. The van der Waals surface area contributed by atoms with Gasteiger partial charge in [0, 0.05) is 29.8 Å². The maximum Gasteiger partial charge on any atom is 0.460 e. The zero-order chi connectivity index (χ0) is 29.6. The summed E-state index contributed by atoms with van der Waals surface area (Å²) in [4.78, 5) is 20.3. The van der Waals surface area contributed by atoms with Gasteiger partial charge in [-0.05, 0) is 18.2 Å². The minimum Gasteiger partial charge on any atom is -0.489 e. The summed E-state index contributed by atoms with van der Waals surface area (Å²) in [6.07, 6.45) is -6.61. The highest BCUT2D eigenvalue weighted by atomic mass is 35.5. The average molecular weight is 589 g/mol. The third kappa shape index (κ3) is 7.32. The molecule has 0 aromatic heterocycles. The molecule has 0 spiro atoms. The molecule has 2 rings (SSSR count). The Morgan fingerprint density at radius 1 is 1.00 bits per heavy atom. The number of halogens is 8. The molecule has 0 aliphatic heterocycles. The molecule has 212 valence electrons. The highest BCUT2D eigenvalue weighted by Gasteiger charge is 2.75. The van der Waals surface area contributed by atoms with Crippen molar-refractivity contribution in [2.24, 2.45) is 5.10 Å². The summed E-state index contributed by atoms with van der Waals surface area (Å²) in [6.45, 7) is -1.35. The Morgan fingerprint density at radius 3 is 2.13 bits per heavy atom. The van der Waals surface area contributed by atoms with Crippen molar-refractivity contribution in [2.75, 3.05) is 25.7 Å². The number of nitro benzene ring substituents is 2. The van der Waals surface area contributed by atoms with Crippen LogP contribution in [0.1, 0.15) is 5.56 Å². The lowest BCUT2D eigenvalue weighted by atomic mass is 10.0. The topological polar surface area (TPSA) is 129 Å². The number of non-ortho nitro benzene ring substituents is 1. The largest absolute Gasteiger partial charge is 0.489 e. The minimum atomic E-state index is -6.69. The first-order valence-corrected chi connectivity index (χ1v) is 10.6. The number of ether oxygens (including phenoxy) is 2. The van der Waals surface area contributed by atoms with Crippen LogP contribution in [0.3, 0.4) is 0 Å². The molecule has 0 bridgehead atoms. The number of alkyl halides is 7. The van der Waals surface area contributed by atoms with Crippen LogP contribution in [0, 0.1) is 20.2 Å². The summed E-state index contributed by atoms with van der Waals surface area (Å²) in [5, 5.41) is 26.0. The number of hydrazone groups is 1. The summed E-state index contributed by atoms with van der Waals surface area (Å²) in [7, 11) is 1.08. The van der Waals surface area contributed by atoms with Crippen molar-refractivity contribution in [3.8, 4) is 0 Å². The monoisotopic (exact) mass is 588 g/mol. The zero-order valence-corrected chi connectivity index (χ0v) is 20.1. The van der Waals surface area contributed by atoms with Crippen molar-refractivity contribution in [3.05, 3.63) is 85.1 Å². The number of nitro groups is 2. The molecular weight excluding hydrogens is 573 g/mol. The van der Waals surface area contributed by atoms with E-state index in [1.165, 1.54) is 12.1 Å². The molecule has 39 heavy (non-hydrogen) atoms. The van der Waals surface area contributed by atoms with Gasteiger partial charge in [0.15, 0.2) is 5.76 Å². The first-order chi connectivity index (χ1) is 18.0. The number of anilines is 1. The first-order valence-electron chi connectivity index (χ1n) is 10.2. The van der Waals surface area contributed by atoms with Gasteiger partial charge >= 0.3 is 23.7 Å². The summed E-state index contributed by atoms with van der Waals surface area (Å²) in [6, 6.07) is 6.86. The molecule has 10 nitrogen and oxygen atoms in total. The molecule has 0 amide bonds. The molecule has 1 N–H and O–H groups in total. The fourth-order valence-corrected chi connectivity index (χ4v) is 2.84. The van der Waals surface area contributed by atoms with E-state index in [-0.39, 0.29) is 16.7 Å². The van der Waals surface area contributed by atoms with E-state index in [0.717, 1.165) is 31.4 Å². The third-order valence-electron chi connectivity index (χ3n) is 4.70. The lowest BCUT2D eigenvalue weighted by Gasteiger charge is -2.29. The standard InChI is InChI=1S/C21H16ClF7N4O6/c1-38-8-9-39-18(19(23,24)20(25,26)21(27,28)29)11-16(12-2-4-13(22)5-3-12)31-30-15-7-6-14(32(34)35)10-17(15)33(36)37/h2-7,10-11,30H,8-9H2,1H3/b18-11-,31-16+. The molecule has 0 saturated carbocycles. The van der Waals surface area contributed by atoms with Gasteiger partial charge in [-0.1, -0.05) is 23.7 Å². The van der Waals surface area contributed by atoms with Crippen LogP contribution in [0.4, 0.5) is 47.8 Å². The van der Waals surface area contributed by atoms with Crippen LogP contribution in [-0.4, -0.2) is 53.9 Å². The molecule has 2 aromatic rings. The van der Waals surface area contributed by atoms with Crippen molar-refractivity contribution in [3.63, 3.8) is 0 Å². The van der Waals surface area contributed by atoms with Crippen LogP contribution in [0.2, 0.25) is 5.02 Å². The Kier molecular flexibility index (Phi) is 9.81. The molecule has 0 unspecified atom stereocenters. The first kappa shape index (κ1) is 31.2. The Bertz CT molecular complexity index is 1270. The Balaban J connectivity index is 2.72. The van der Waals surface area contributed by atoms with Gasteiger partial charge in [-0.25, -0.2) is 0 Å². The average Bonchev–Trinajstić information content (AvgIpc) is 2.85. The van der Waals surface area contributed by atoms with Gasteiger partial charge in [0.2, 0.25) is 0 Å². The number of methoxy groups -OCH3 is 1. The number of allylic oxidation sites excluding steroid dienone is 2. The molecule has 0 atom stereocenters. The lowest BCUT2D eigenvalue weighted by molar-refractivity contribution is -0.393. The van der Waals surface area contributed by atoms with Crippen molar-refractivity contribution >= 4 is 34.4 Å². The van der Waals surface area contributed by atoms with Gasteiger partial charge < -0.3 is 9.47 Å². The van der Waals surface area contributed by atoms with Crippen LogP contribution in [0.15, 0.2) is 59.4 Å². The van der Waals surface area contributed by atoms with Gasteiger partial charge in [0.25, 0.3) is 5.69 Å². The normalized spacial score (nSPS) is 13.3. The lowest BCUT2D eigenvalue weighted by Crippen LogP contribution is -2.53. The van der Waals surface area contributed by atoms with E-state index >= 15 is 0 Å². The van der Waals surface area contributed by atoms with Gasteiger partial charge in [-0.15, -0.1) is 0 Å². The molecule has 18 heteroatoms. The van der Waals surface area contributed by atoms with Crippen LogP contribution in [0.5, 0.6) is 0 Å². The molecule has 2 aromatic carbocycles. The van der Waals surface area contributed by atoms with Crippen LogP contribution >= 0.6 is 11.6 Å². The molecule has 0 aliphatic rings. The fourth-order valence-electron chi connectivity index (χ4n) is 2.72. The maximum absolute atomic E-state index is 14.6. The Labute approximate surface area is 218 Å². The van der Waals surface area contributed by atoms with Gasteiger partial charge in [0.05, 0.1) is 28.2 Å². The van der Waals surface area contributed by atoms with Gasteiger partial charge in [-0.3, -0.25) is 25.7 Å². The molecule has 0 saturated heterocycles.